The van der Waals surface area contributed by atoms with Gasteiger partial charge in [0.1, 0.15) is 5.75 Å². The first kappa shape index (κ1) is 14.8. The van der Waals surface area contributed by atoms with E-state index in [4.69, 9.17) is 16.7 Å². The molecule has 0 aliphatic carbocycles. The van der Waals surface area contributed by atoms with Crippen LogP contribution in [0.3, 0.4) is 0 Å². The Morgan fingerprint density at radius 1 is 1.08 bits per heavy atom. The normalized spacial score (nSPS) is 7.54. The summed E-state index contributed by atoms with van der Waals surface area (Å²) in [6, 6.07) is 5.15. The van der Waals surface area contributed by atoms with E-state index in [1.54, 1.807) is 12.1 Å². The molecule has 1 rings (SSSR count). The van der Waals surface area contributed by atoms with Crippen LogP contribution in [0.15, 0.2) is 18.2 Å². The third kappa shape index (κ3) is 6.47. The highest BCUT2D eigenvalue weighted by Gasteiger charge is 1.94. The Kier molecular flexibility index (Phi) is 10.7. The lowest BCUT2D eigenvalue weighted by atomic mass is 10.2. The Bertz CT molecular complexity index is 221. The van der Waals surface area contributed by atoms with Crippen molar-refractivity contribution in [3.05, 3.63) is 28.8 Å². The van der Waals surface area contributed by atoms with Gasteiger partial charge in [-0.2, -0.15) is 0 Å². The van der Waals surface area contributed by atoms with E-state index < -0.39 is 0 Å². The van der Waals surface area contributed by atoms with Gasteiger partial charge in [0.05, 0.1) is 5.02 Å². The Labute approximate surface area is 86.4 Å². The van der Waals surface area contributed by atoms with Gasteiger partial charge in [0.2, 0.25) is 0 Å². The predicted molar refractivity (Wildman–Crippen MR) is 60.5 cm³/mol. The lowest BCUT2D eigenvalue weighted by molar-refractivity contribution is 0.475. The molecule has 2 heteroatoms. The van der Waals surface area contributed by atoms with E-state index in [-0.39, 0.29) is 5.75 Å². The van der Waals surface area contributed by atoms with Crippen LogP contribution in [0, 0.1) is 6.92 Å². The SMILES string of the molecule is CC.CC.Cc1ccc(Cl)c(O)c1. The highest BCUT2D eigenvalue weighted by molar-refractivity contribution is 6.31. The summed E-state index contributed by atoms with van der Waals surface area (Å²) in [4.78, 5) is 0. The first-order valence-electron chi connectivity index (χ1n) is 4.65. The zero-order valence-corrected chi connectivity index (χ0v) is 9.81. The van der Waals surface area contributed by atoms with Crippen molar-refractivity contribution in [1.82, 2.24) is 0 Å². The molecule has 0 radical (unpaired) electrons. The van der Waals surface area contributed by atoms with Crippen LogP contribution < -0.4 is 0 Å². The van der Waals surface area contributed by atoms with Crippen molar-refractivity contribution in [2.45, 2.75) is 34.6 Å². The number of phenolic OH excluding ortho intramolecular Hbond substituents is 1. The summed E-state index contributed by atoms with van der Waals surface area (Å²) in [6.45, 7) is 9.90. The lowest BCUT2D eigenvalue weighted by Crippen LogP contribution is -1.70. The van der Waals surface area contributed by atoms with Crippen molar-refractivity contribution in [2.75, 3.05) is 0 Å². The van der Waals surface area contributed by atoms with Crippen LogP contribution in [-0.4, -0.2) is 5.11 Å². The van der Waals surface area contributed by atoms with Gasteiger partial charge in [0.25, 0.3) is 0 Å². The van der Waals surface area contributed by atoms with E-state index in [9.17, 15) is 0 Å². The molecule has 1 aromatic carbocycles. The molecule has 0 unspecified atom stereocenters. The number of aromatic hydroxyl groups is 1. The fourth-order valence-corrected chi connectivity index (χ4v) is 0.740. The molecule has 0 aromatic heterocycles. The second-order valence-corrected chi connectivity index (χ2v) is 2.36. The molecule has 0 amide bonds. The van der Waals surface area contributed by atoms with E-state index in [0.29, 0.717) is 5.02 Å². The maximum Gasteiger partial charge on any atom is 0.134 e. The predicted octanol–water partition coefficient (Wildman–Crippen LogP) is 4.41. The Morgan fingerprint density at radius 2 is 1.54 bits per heavy atom. The minimum absolute atomic E-state index is 0.150. The third-order valence-electron chi connectivity index (χ3n) is 1.10. The number of aryl methyl sites for hydroxylation is 1. The second-order valence-electron chi connectivity index (χ2n) is 1.95. The number of rotatable bonds is 0. The van der Waals surface area contributed by atoms with Gasteiger partial charge < -0.3 is 5.11 Å². The zero-order valence-electron chi connectivity index (χ0n) is 9.06. The molecule has 0 aliphatic heterocycles. The molecule has 0 saturated heterocycles. The number of benzene rings is 1. The van der Waals surface area contributed by atoms with E-state index in [1.165, 1.54) is 0 Å². The molecule has 0 bridgehead atoms. The molecule has 0 heterocycles. The van der Waals surface area contributed by atoms with Crippen molar-refractivity contribution >= 4 is 11.6 Å². The van der Waals surface area contributed by atoms with Gasteiger partial charge in [0.15, 0.2) is 0 Å². The first-order chi connectivity index (χ1) is 6.20. The molecule has 0 spiro atoms. The van der Waals surface area contributed by atoms with Crippen LogP contribution in [0.25, 0.3) is 0 Å². The van der Waals surface area contributed by atoms with E-state index in [2.05, 4.69) is 0 Å². The molecule has 1 nitrogen and oxygen atoms in total. The van der Waals surface area contributed by atoms with Crippen LogP contribution in [0.5, 0.6) is 5.75 Å². The Morgan fingerprint density at radius 3 is 1.85 bits per heavy atom. The summed E-state index contributed by atoms with van der Waals surface area (Å²) < 4.78 is 0. The lowest BCUT2D eigenvalue weighted by Gasteiger charge is -1.95. The number of phenols is 1. The van der Waals surface area contributed by atoms with Crippen molar-refractivity contribution in [3.8, 4) is 5.75 Å². The van der Waals surface area contributed by atoms with Crippen LogP contribution in [-0.2, 0) is 0 Å². The highest BCUT2D eigenvalue weighted by Crippen LogP contribution is 2.22. The molecule has 13 heavy (non-hydrogen) atoms. The van der Waals surface area contributed by atoms with Crippen LogP contribution in [0.2, 0.25) is 5.02 Å². The zero-order chi connectivity index (χ0) is 10.9. The Balaban J connectivity index is 0. The van der Waals surface area contributed by atoms with Gasteiger partial charge in [-0.3, -0.25) is 0 Å². The molecule has 1 N–H and O–H groups in total. The van der Waals surface area contributed by atoms with Gasteiger partial charge in [0, 0.05) is 0 Å². The molecule has 0 atom stereocenters. The highest BCUT2D eigenvalue weighted by atomic mass is 35.5. The van der Waals surface area contributed by atoms with Crippen molar-refractivity contribution < 1.29 is 5.11 Å². The smallest absolute Gasteiger partial charge is 0.134 e. The second kappa shape index (κ2) is 9.40. The summed E-state index contributed by atoms with van der Waals surface area (Å²) in [7, 11) is 0. The summed E-state index contributed by atoms with van der Waals surface area (Å²) in [5.74, 6) is 0.150. The summed E-state index contributed by atoms with van der Waals surface area (Å²) in [5.41, 5.74) is 1.01. The molecular formula is C11H19ClO. The largest absolute Gasteiger partial charge is 0.506 e. The monoisotopic (exact) mass is 202 g/mol. The number of hydrogen-bond donors (Lipinski definition) is 1. The van der Waals surface area contributed by atoms with E-state index in [1.807, 2.05) is 40.7 Å². The van der Waals surface area contributed by atoms with Crippen LogP contribution >= 0.6 is 11.6 Å². The van der Waals surface area contributed by atoms with E-state index >= 15 is 0 Å². The van der Waals surface area contributed by atoms with Crippen LogP contribution in [0.1, 0.15) is 33.3 Å². The summed E-state index contributed by atoms with van der Waals surface area (Å²) >= 11 is 5.53. The maximum absolute atomic E-state index is 8.97. The minimum atomic E-state index is 0.150. The molecule has 0 saturated carbocycles. The van der Waals surface area contributed by atoms with Gasteiger partial charge in [-0.25, -0.2) is 0 Å². The van der Waals surface area contributed by atoms with Crippen molar-refractivity contribution in [2.24, 2.45) is 0 Å². The average molecular weight is 203 g/mol. The molecule has 0 aliphatic rings. The fraction of sp³-hybridized carbons (Fsp3) is 0.455. The quantitative estimate of drug-likeness (QED) is 0.661. The van der Waals surface area contributed by atoms with Gasteiger partial charge in [-0.05, 0) is 24.6 Å². The molecule has 76 valence electrons. The fourth-order valence-electron chi connectivity index (χ4n) is 0.623. The molecule has 1 aromatic rings. The van der Waals surface area contributed by atoms with Gasteiger partial charge in [-0.1, -0.05) is 45.4 Å². The van der Waals surface area contributed by atoms with Crippen molar-refractivity contribution in [1.29, 1.82) is 0 Å². The first-order valence-corrected chi connectivity index (χ1v) is 5.03. The van der Waals surface area contributed by atoms with Crippen molar-refractivity contribution in [3.63, 3.8) is 0 Å². The summed E-state index contributed by atoms with van der Waals surface area (Å²) in [6.07, 6.45) is 0. The number of hydrogen-bond acceptors (Lipinski definition) is 1. The molecular weight excluding hydrogens is 184 g/mol. The third-order valence-corrected chi connectivity index (χ3v) is 1.42. The van der Waals surface area contributed by atoms with Gasteiger partial charge in [-0.15, -0.1) is 0 Å². The summed E-state index contributed by atoms with van der Waals surface area (Å²) in [5, 5.41) is 9.37. The number of halogens is 1. The minimum Gasteiger partial charge on any atom is -0.506 e. The van der Waals surface area contributed by atoms with E-state index in [0.717, 1.165) is 5.56 Å². The van der Waals surface area contributed by atoms with Gasteiger partial charge >= 0.3 is 0 Å². The Hall–Kier alpha value is -0.690. The van der Waals surface area contributed by atoms with Crippen LogP contribution in [0.4, 0.5) is 0 Å². The average Bonchev–Trinajstić information content (AvgIpc) is 2.18. The topological polar surface area (TPSA) is 20.2 Å². The molecule has 0 fully saturated rings. The maximum atomic E-state index is 8.97. The standard InChI is InChI=1S/C7H7ClO.2C2H6/c1-5-2-3-6(8)7(9)4-5;2*1-2/h2-4,9H,1H3;2*1-2H3.